The zero-order chi connectivity index (χ0) is 11.0. The lowest BCUT2D eigenvalue weighted by molar-refractivity contribution is -0.195. The Bertz CT molecular complexity index is 237. The lowest BCUT2D eigenvalue weighted by atomic mass is 10.0. The van der Waals surface area contributed by atoms with E-state index in [-0.39, 0.29) is 6.61 Å². The summed E-state index contributed by atoms with van der Waals surface area (Å²) in [5.74, 6) is -1.25. The summed E-state index contributed by atoms with van der Waals surface area (Å²) in [5, 5.41) is 11.1. The SMILES string of the molecule is CCOC(=O)C(O)[C@]1(C(F)(F)F)CN1. The molecule has 1 unspecified atom stereocenters. The molecule has 0 aromatic heterocycles. The normalized spacial score (nSPS) is 28.4. The molecule has 0 radical (unpaired) electrons. The van der Waals surface area contributed by atoms with Gasteiger partial charge in [0.15, 0.2) is 11.6 Å². The molecule has 1 fully saturated rings. The fourth-order valence-electron chi connectivity index (χ4n) is 1.07. The summed E-state index contributed by atoms with van der Waals surface area (Å²) >= 11 is 0. The number of rotatable bonds is 3. The Morgan fingerprint density at radius 2 is 2.21 bits per heavy atom. The Labute approximate surface area is 78.0 Å². The quantitative estimate of drug-likeness (QED) is 0.504. The van der Waals surface area contributed by atoms with Crippen LogP contribution in [-0.2, 0) is 9.53 Å². The fraction of sp³-hybridized carbons (Fsp3) is 0.857. The molecular formula is C7H10F3NO3. The van der Waals surface area contributed by atoms with Gasteiger partial charge in [0.2, 0.25) is 0 Å². The van der Waals surface area contributed by atoms with E-state index in [0.29, 0.717) is 0 Å². The molecule has 82 valence electrons. The molecule has 1 aliphatic rings. The third kappa shape index (κ3) is 1.69. The summed E-state index contributed by atoms with van der Waals surface area (Å²) in [6, 6.07) is 0. The summed E-state index contributed by atoms with van der Waals surface area (Å²) in [7, 11) is 0. The van der Waals surface area contributed by atoms with Crippen LogP contribution in [0.2, 0.25) is 0 Å². The number of carbonyl (C=O) groups is 1. The number of aliphatic hydroxyl groups excluding tert-OH is 1. The van der Waals surface area contributed by atoms with Gasteiger partial charge in [-0.15, -0.1) is 0 Å². The van der Waals surface area contributed by atoms with Crippen LogP contribution in [0.1, 0.15) is 6.92 Å². The molecule has 0 bridgehead atoms. The Morgan fingerprint density at radius 1 is 1.71 bits per heavy atom. The second-order valence-corrected chi connectivity index (χ2v) is 2.98. The van der Waals surface area contributed by atoms with Gasteiger partial charge in [0.1, 0.15) is 0 Å². The Balaban J connectivity index is 2.69. The maximum Gasteiger partial charge on any atom is 0.410 e. The van der Waals surface area contributed by atoms with Crippen molar-refractivity contribution >= 4 is 5.97 Å². The van der Waals surface area contributed by atoms with E-state index in [0.717, 1.165) is 0 Å². The Kier molecular flexibility index (Phi) is 2.73. The third-order valence-corrected chi connectivity index (χ3v) is 2.04. The van der Waals surface area contributed by atoms with Crippen molar-refractivity contribution in [2.45, 2.75) is 24.7 Å². The molecule has 1 rings (SSSR count). The van der Waals surface area contributed by atoms with Crippen LogP contribution >= 0.6 is 0 Å². The molecule has 4 nitrogen and oxygen atoms in total. The Morgan fingerprint density at radius 3 is 2.50 bits per heavy atom. The molecule has 0 amide bonds. The third-order valence-electron chi connectivity index (χ3n) is 2.04. The first kappa shape index (κ1) is 11.3. The van der Waals surface area contributed by atoms with E-state index in [1.807, 2.05) is 5.32 Å². The van der Waals surface area contributed by atoms with E-state index in [4.69, 9.17) is 5.11 Å². The van der Waals surface area contributed by atoms with Gasteiger partial charge in [-0.1, -0.05) is 0 Å². The highest BCUT2D eigenvalue weighted by molar-refractivity contribution is 5.77. The van der Waals surface area contributed by atoms with Crippen molar-refractivity contribution in [3.05, 3.63) is 0 Å². The standard InChI is InChI=1S/C7H10F3NO3/c1-2-14-5(13)4(12)6(3-11-6)7(8,9)10/h4,11-12H,2-3H2,1H3/t4?,6-/m0/s1. The molecule has 0 aliphatic carbocycles. The molecule has 0 aromatic carbocycles. The van der Waals surface area contributed by atoms with Crippen molar-refractivity contribution < 1.29 is 27.8 Å². The number of carbonyl (C=O) groups excluding carboxylic acids is 1. The first-order valence-electron chi connectivity index (χ1n) is 4.01. The number of aliphatic hydroxyl groups is 1. The number of halogens is 3. The van der Waals surface area contributed by atoms with Crippen molar-refractivity contribution in [1.82, 2.24) is 5.32 Å². The van der Waals surface area contributed by atoms with Crippen LogP contribution in [0.5, 0.6) is 0 Å². The van der Waals surface area contributed by atoms with Crippen LogP contribution in [0.15, 0.2) is 0 Å². The number of hydrogen-bond acceptors (Lipinski definition) is 4. The van der Waals surface area contributed by atoms with Gasteiger partial charge in [0, 0.05) is 6.54 Å². The highest BCUT2D eigenvalue weighted by Gasteiger charge is 2.70. The van der Waals surface area contributed by atoms with Gasteiger partial charge < -0.3 is 9.84 Å². The molecule has 1 heterocycles. The van der Waals surface area contributed by atoms with Crippen molar-refractivity contribution in [2.75, 3.05) is 13.2 Å². The maximum atomic E-state index is 12.3. The summed E-state index contributed by atoms with van der Waals surface area (Å²) < 4.78 is 41.2. The topological polar surface area (TPSA) is 68.5 Å². The van der Waals surface area contributed by atoms with E-state index in [1.165, 1.54) is 6.92 Å². The minimum absolute atomic E-state index is 0.0656. The van der Waals surface area contributed by atoms with Crippen LogP contribution in [0.25, 0.3) is 0 Å². The van der Waals surface area contributed by atoms with Crippen LogP contribution in [0.3, 0.4) is 0 Å². The predicted molar refractivity (Wildman–Crippen MR) is 39.4 cm³/mol. The minimum atomic E-state index is -4.65. The van der Waals surface area contributed by atoms with Gasteiger partial charge in [0.25, 0.3) is 0 Å². The molecular weight excluding hydrogens is 203 g/mol. The minimum Gasteiger partial charge on any atom is -0.464 e. The second-order valence-electron chi connectivity index (χ2n) is 2.98. The number of alkyl halides is 3. The largest absolute Gasteiger partial charge is 0.464 e. The van der Waals surface area contributed by atoms with E-state index in [9.17, 15) is 18.0 Å². The van der Waals surface area contributed by atoms with Crippen LogP contribution in [0.4, 0.5) is 13.2 Å². The van der Waals surface area contributed by atoms with Gasteiger partial charge in [0.05, 0.1) is 6.61 Å². The highest BCUT2D eigenvalue weighted by atomic mass is 19.4. The smallest absolute Gasteiger partial charge is 0.410 e. The number of esters is 1. The van der Waals surface area contributed by atoms with Crippen molar-refractivity contribution in [3.8, 4) is 0 Å². The molecule has 1 saturated heterocycles. The molecule has 0 spiro atoms. The molecule has 0 aromatic rings. The molecule has 2 atom stereocenters. The van der Waals surface area contributed by atoms with E-state index >= 15 is 0 Å². The summed E-state index contributed by atoms with van der Waals surface area (Å²) in [6.07, 6.45) is -6.85. The first-order valence-corrected chi connectivity index (χ1v) is 4.01. The van der Waals surface area contributed by atoms with Gasteiger partial charge >= 0.3 is 12.1 Å². The van der Waals surface area contributed by atoms with Crippen LogP contribution < -0.4 is 5.32 Å². The van der Waals surface area contributed by atoms with Crippen LogP contribution in [0, 0.1) is 0 Å². The highest BCUT2D eigenvalue weighted by Crippen LogP contribution is 2.40. The first-order chi connectivity index (χ1) is 6.35. The fourth-order valence-corrected chi connectivity index (χ4v) is 1.07. The van der Waals surface area contributed by atoms with Crippen LogP contribution in [-0.4, -0.2) is 42.0 Å². The Hall–Kier alpha value is -0.820. The van der Waals surface area contributed by atoms with Crippen molar-refractivity contribution in [2.24, 2.45) is 0 Å². The zero-order valence-corrected chi connectivity index (χ0v) is 7.39. The van der Waals surface area contributed by atoms with Gasteiger partial charge in [-0.05, 0) is 6.92 Å². The maximum absolute atomic E-state index is 12.3. The predicted octanol–water partition coefficient (Wildman–Crippen LogP) is -0.185. The summed E-state index contributed by atoms with van der Waals surface area (Å²) in [6.45, 7) is 0.922. The lowest BCUT2D eigenvalue weighted by Gasteiger charge is -2.21. The van der Waals surface area contributed by atoms with Gasteiger partial charge in [-0.25, -0.2) is 4.79 Å². The van der Waals surface area contributed by atoms with E-state index in [2.05, 4.69) is 4.74 Å². The molecule has 1 aliphatic heterocycles. The number of nitrogens with one attached hydrogen (secondary N) is 1. The van der Waals surface area contributed by atoms with E-state index in [1.54, 1.807) is 0 Å². The zero-order valence-electron chi connectivity index (χ0n) is 7.39. The molecule has 7 heteroatoms. The summed E-state index contributed by atoms with van der Waals surface area (Å²) in [4.78, 5) is 10.9. The summed E-state index contributed by atoms with van der Waals surface area (Å²) in [5.41, 5.74) is -2.50. The molecule has 14 heavy (non-hydrogen) atoms. The van der Waals surface area contributed by atoms with E-state index < -0.39 is 30.3 Å². The van der Waals surface area contributed by atoms with Gasteiger partial charge in [-0.2, -0.15) is 13.2 Å². The van der Waals surface area contributed by atoms with Crippen molar-refractivity contribution in [3.63, 3.8) is 0 Å². The average Bonchev–Trinajstić information content (AvgIpc) is 2.81. The van der Waals surface area contributed by atoms with Gasteiger partial charge in [-0.3, -0.25) is 5.32 Å². The molecule has 0 saturated carbocycles. The lowest BCUT2D eigenvalue weighted by Crippen LogP contribution is -2.50. The monoisotopic (exact) mass is 213 g/mol. The van der Waals surface area contributed by atoms with Crippen molar-refractivity contribution in [1.29, 1.82) is 0 Å². The average molecular weight is 213 g/mol. The second kappa shape index (κ2) is 3.39. The number of ether oxygens (including phenoxy) is 1. The number of hydrogen-bond donors (Lipinski definition) is 2. The molecule has 2 N–H and O–H groups in total.